The molecule has 0 aromatic heterocycles. The van der Waals surface area contributed by atoms with E-state index < -0.39 is 6.10 Å². The van der Waals surface area contributed by atoms with Crippen LogP contribution in [0.4, 0.5) is 0 Å². The fourth-order valence-corrected chi connectivity index (χ4v) is 1.24. The van der Waals surface area contributed by atoms with Crippen LogP contribution in [0, 0.1) is 0 Å². The van der Waals surface area contributed by atoms with Gasteiger partial charge in [-0.15, -0.1) is 13.2 Å². The van der Waals surface area contributed by atoms with E-state index >= 15 is 0 Å². The first kappa shape index (κ1) is 14.4. The third-order valence-electron chi connectivity index (χ3n) is 1.87. The van der Waals surface area contributed by atoms with Gasteiger partial charge in [-0.3, -0.25) is 4.90 Å². The van der Waals surface area contributed by atoms with E-state index in [4.69, 9.17) is 4.74 Å². The van der Waals surface area contributed by atoms with Crippen LogP contribution in [0.15, 0.2) is 25.3 Å². The summed E-state index contributed by atoms with van der Waals surface area (Å²) in [6.45, 7) is 13.7. The Hall–Kier alpha value is -0.640. The Kier molecular flexibility index (Phi) is 8.28. The van der Waals surface area contributed by atoms with Gasteiger partial charge in [0.05, 0.1) is 18.8 Å². The highest BCUT2D eigenvalue weighted by molar-refractivity contribution is 4.81. The van der Waals surface area contributed by atoms with E-state index in [0.29, 0.717) is 13.2 Å². The minimum absolute atomic E-state index is 0.159. The molecule has 0 amide bonds. The highest BCUT2D eigenvalue weighted by Crippen LogP contribution is 1.97. The maximum atomic E-state index is 9.69. The summed E-state index contributed by atoms with van der Waals surface area (Å²) in [7, 11) is 0. The van der Waals surface area contributed by atoms with Crippen LogP contribution in [-0.4, -0.2) is 48.5 Å². The molecule has 0 aliphatic carbocycles. The molecule has 1 atom stereocenters. The summed E-state index contributed by atoms with van der Waals surface area (Å²) in [5.41, 5.74) is 0. The second kappa shape index (κ2) is 8.65. The van der Waals surface area contributed by atoms with Gasteiger partial charge in [-0.2, -0.15) is 0 Å². The second-order valence-corrected chi connectivity index (χ2v) is 3.83. The van der Waals surface area contributed by atoms with Crippen LogP contribution >= 0.6 is 0 Å². The van der Waals surface area contributed by atoms with Crippen molar-refractivity contribution in [3.8, 4) is 0 Å². The van der Waals surface area contributed by atoms with Crippen molar-refractivity contribution in [3.05, 3.63) is 25.3 Å². The van der Waals surface area contributed by atoms with Crippen molar-refractivity contribution < 1.29 is 9.84 Å². The fraction of sp³-hybridized carbons (Fsp3) is 0.667. The molecule has 0 bridgehead atoms. The normalized spacial score (nSPS) is 13.1. The maximum Gasteiger partial charge on any atom is 0.0900 e. The van der Waals surface area contributed by atoms with Crippen LogP contribution < -0.4 is 0 Å². The van der Waals surface area contributed by atoms with Crippen molar-refractivity contribution in [2.45, 2.75) is 26.1 Å². The molecule has 0 radical (unpaired) electrons. The Morgan fingerprint density at radius 1 is 1.27 bits per heavy atom. The molecule has 0 saturated carbocycles. The average Bonchev–Trinajstić information content (AvgIpc) is 2.15. The highest BCUT2D eigenvalue weighted by atomic mass is 16.5. The monoisotopic (exact) mass is 213 g/mol. The van der Waals surface area contributed by atoms with E-state index in [1.807, 2.05) is 26.0 Å². The predicted octanol–water partition coefficient (Wildman–Crippen LogP) is 1.45. The van der Waals surface area contributed by atoms with Gasteiger partial charge < -0.3 is 9.84 Å². The zero-order valence-corrected chi connectivity index (χ0v) is 9.85. The van der Waals surface area contributed by atoms with Gasteiger partial charge in [0.15, 0.2) is 0 Å². The average molecular weight is 213 g/mol. The maximum absolute atomic E-state index is 9.69. The largest absolute Gasteiger partial charge is 0.389 e. The van der Waals surface area contributed by atoms with Crippen molar-refractivity contribution in [3.63, 3.8) is 0 Å². The summed E-state index contributed by atoms with van der Waals surface area (Å²) in [5.74, 6) is 0. The fourth-order valence-electron chi connectivity index (χ4n) is 1.24. The zero-order chi connectivity index (χ0) is 11.7. The van der Waals surface area contributed by atoms with Crippen LogP contribution in [0.1, 0.15) is 13.8 Å². The molecule has 1 unspecified atom stereocenters. The van der Waals surface area contributed by atoms with Gasteiger partial charge in [0.1, 0.15) is 0 Å². The molecule has 0 heterocycles. The lowest BCUT2D eigenvalue weighted by Gasteiger charge is -2.22. The molecule has 0 aliphatic heterocycles. The molecule has 88 valence electrons. The SMILES string of the molecule is C=CCN(CC=C)CC(O)COC(C)C. The molecular weight excluding hydrogens is 190 g/mol. The lowest BCUT2D eigenvalue weighted by atomic mass is 10.3. The smallest absolute Gasteiger partial charge is 0.0900 e. The summed E-state index contributed by atoms with van der Waals surface area (Å²) < 4.78 is 5.33. The quantitative estimate of drug-likeness (QED) is 0.588. The van der Waals surface area contributed by atoms with Crippen molar-refractivity contribution in [2.75, 3.05) is 26.2 Å². The lowest BCUT2D eigenvalue weighted by Crippen LogP contribution is -2.35. The Balaban J connectivity index is 3.81. The molecule has 0 rings (SSSR count). The zero-order valence-electron chi connectivity index (χ0n) is 9.85. The third-order valence-corrected chi connectivity index (χ3v) is 1.87. The Bertz CT molecular complexity index is 170. The van der Waals surface area contributed by atoms with Gasteiger partial charge in [-0.1, -0.05) is 12.2 Å². The molecule has 3 nitrogen and oxygen atoms in total. The van der Waals surface area contributed by atoms with Gasteiger partial charge in [0.25, 0.3) is 0 Å². The topological polar surface area (TPSA) is 32.7 Å². The molecule has 0 aromatic rings. The van der Waals surface area contributed by atoms with Crippen LogP contribution in [0.3, 0.4) is 0 Å². The lowest BCUT2D eigenvalue weighted by molar-refractivity contribution is -0.00593. The summed E-state index contributed by atoms with van der Waals surface area (Å²) in [6, 6.07) is 0. The van der Waals surface area contributed by atoms with E-state index in [2.05, 4.69) is 18.1 Å². The first-order valence-corrected chi connectivity index (χ1v) is 5.34. The van der Waals surface area contributed by atoms with E-state index in [0.717, 1.165) is 13.1 Å². The first-order chi connectivity index (χ1) is 7.10. The van der Waals surface area contributed by atoms with Crippen LogP contribution in [0.25, 0.3) is 0 Å². The number of rotatable bonds is 9. The van der Waals surface area contributed by atoms with Gasteiger partial charge in [0.2, 0.25) is 0 Å². The molecule has 15 heavy (non-hydrogen) atoms. The van der Waals surface area contributed by atoms with E-state index in [1.165, 1.54) is 0 Å². The minimum Gasteiger partial charge on any atom is -0.389 e. The van der Waals surface area contributed by atoms with Crippen molar-refractivity contribution in [1.29, 1.82) is 0 Å². The van der Waals surface area contributed by atoms with Crippen LogP contribution in [0.2, 0.25) is 0 Å². The van der Waals surface area contributed by atoms with E-state index in [9.17, 15) is 5.11 Å². The molecule has 0 aromatic carbocycles. The second-order valence-electron chi connectivity index (χ2n) is 3.83. The first-order valence-electron chi connectivity index (χ1n) is 5.34. The number of aliphatic hydroxyl groups excluding tert-OH is 1. The molecule has 0 spiro atoms. The van der Waals surface area contributed by atoms with Crippen molar-refractivity contribution >= 4 is 0 Å². The van der Waals surface area contributed by atoms with E-state index in [-0.39, 0.29) is 6.10 Å². The van der Waals surface area contributed by atoms with Crippen molar-refractivity contribution in [1.82, 2.24) is 4.90 Å². The summed E-state index contributed by atoms with van der Waals surface area (Å²) >= 11 is 0. The summed E-state index contributed by atoms with van der Waals surface area (Å²) in [4.78, 5) is 2.06. The molecule has 0 fully saturated rings. The van der Waals surface area contributed by atoms with Gasteiger partial charge in [-0.25, -0.2) is 0 Å². The minimum atomic E-state index is -0.452. The number of nitrogens with zero attached hydrogens (tertiary/aromatic N) is 1. The number of aliphatic hydroxyl groups is 1. The Labute approximate surface area is 93.0 Å². The van der Waals surface area contributed by atoms with Gasteiger partial charge >= 0.3 is 0 Å². The van der Waals surface area contributed by atoms with Crippen LogP contribution in [-0.2, 0) is 4.74 Å². The molecule has 3 heteroatoms. The molecule has 0 aliphatic rings. The van der Waals surface area contributed by atoms with Gasteiger partial charge in [-0.05, 0) is 13.8 Å². The van der Waals surface area contributed by atoms with Crippen LogP contribution in [0.5, 0.6) is 0 Å². The number of ether oxygens (including phenoxy) is 1. The van der Waals surface area contributed by atoms with Gasteiger partial charge in [0, 0.05) is 19.6 Å². The molecule has 0 saturated heterocycles. The Morgan fingerprint density at radius 2 is 1.80 bits per heavy atom. The number of hydrogen-bond donors (Lipinski definition) is 1. The standard InChI is InChI=1S/C12H23NO2/c1-5-7-13(8-6-2)9-12(14)10-15-11(3)4/h5-6,11-12,14H,1-2,7-10H2,3-4H3. The Morgan fingerprint density at radius 3 is 2.20 bits per heavy atom. The predicted molar refractivity (Wildman–Crippen MR) is 63.9 cm³/mol. The summed E-state index contributed by atoms with van der Waals surface area (Å²) in [5, 5.41) is 9.69. The van der Waals surface area contributed by atoms with E-state index in [1.54, 1.807) is 0 Å². The third kappa shape index (κ3) is 8.36. The van der Waals surface area contributed by atoms with Crippen molar-refractivity contribution in [2.24, 2.45) is 0 Å². The molecule has 1 N–H and O–H groups in total. The molecular formula is C12H23NO2. The highest BCUT2D eigenvalue weighted by Gasteiger charge is 2.10. The summed E-state index contributed by atoms with van der Waals surface area (Å²) in [6.07, 6.45) is 3.35. The number of hydrogen-bond acceptors (Lipinski definition) is 3.